The van der Waals surface area contributed by atoms with Gasteiger partial charge in [0.25, 0.3) is 0 Å². The van der Waals surface area contributed by atoms with Crippen molar-refractivity contribution in [3.05, 3.63) is 48.3 Å². The van der Waals surface area contributed by atoms with Crippen LogP contribution in [0.5, 0.6) is 0 Å². The Morgan fingerprint density at radius 1 is 1.42 bits per heavy atom. The van der Waals surface area contributed by atoms with Gasteiger partial charge in [0.2, 0.25) is 6.04 Å². The summed E-state index contributed by atoms with van der Waals surface area (Å²) in [6, 6.07) is 8.76. The summed E-state index contributed by atoms with van der Waals surface area (Å²) in [7, 11) is 1.29. The lowest BCUT2D eigenvalue weighted by molar-refractivity contribution is -0.174. The number of carbonyl (C=O) groups excluding carboxylic acids is 1. The molecule has 0 spiro atoms. The molecule has 1 aromatic rings. The van der Waals surface area contributed by atoms with Crippen molar-refractivity contribution in [2.45, 2.75) is 12.6 Å². The van der Waals surface area contributed by atoms with Crippen molar-refractivity contribution in [1.29, 1.82) is 0 Å². The van der Waals surface area contributed by atoms with E-state index in [4.69, 9.17) is 10.6 Å². The van der Waals surface area contributed by atoms with Crippen LogP contribution in [0.1, 0.15) is 5.56 Å². The number of nitrogens with two attached hydrogens (primary N) is 1. The van der Waals surface area contributed by atoms with Gasteiger partial charge in [0, 0.05) is 12.4 Å². The number of aliphatic imine (C=N–C) groups is 1. The summed E-state index contributed by atoms with van der Waals surface area (Å²) in [6.45, 7) is 0.325. The number of hydrogen-bond acceptors (Lipinski definition) is 6. The fourth-order valence-corrected chi connectivity index (χ4v) is 1.65. The van der Waals surface area contributed by atoms with Crippen LogP contribution in [-0.2, 0) is 21.0 Å². The zero-order valence-electron chi connectivity index (χ0n) is 10.5. The van der Waals surface area contributed by atoms with Gasteiger partial charge in [-0.15, -0.1) is 0 Å². The number of esters is 1. The number of amidine groups is 1. The van der Waals surface area contributed by atoms with Gasteiger partial charge in [-0.1, -0.05) is 30.3 Å². The predicted molar refractivity (Wildman–Crippen MR) is 69.6 cm³/mol. The predicted octanol–water partition coefficient (Wildman–Crippen LogP) is 0.804. The molecular formula is C13H15N3O3. The molecule has 0 saturated carbocycles. The molecule has 0 amide bonds. The van der Waals surface area contributed by atoms with E-state index in [-0.39, 0.29) is 5.84 Å². The highest BCUT2D eigenvalue weighted by molar-refractivity contribution is 6.04. The molecule has 100 valence electrons. The Labute approximate surface area is 111 Å². The van der Waals surface area contributed by atoms with Gasteiger partial charge < -0.3 is 10.5 Å². The standard InChI is InChI=1S/C13H15N3O3/c1-18-13(17)11-12(14)15-7-8-16(11)19-9-10-5-3-2-4-6-10/h2-8,11H,9H2,1H3,(H2,14,15). The summed E-state index contributed by atoms with van der Waals surface area (Å²) in [5.74, 6) is -0.374. The molecule has 2 N–H and O–H groups in total. The Bertz CT molecular complexity index is 499. The van der Waals surface area contributed by atoms with Crippen molar-refractivity contribution < 1.29 is 14.4 Å². The number of hydroxylamine groups is 2. The van der Waals surface area contributed by atoms with E-state index in [1.807, 2.05) is 30.3 Å². The Hall–Kier alpha value is -2.34. The highest BCUT2D eigenvalue weighted by Gasteiger charge is 2.31. The highest BCUT2D eigenvalue weighted by Crippen LogP contribution is 2.12. The van der Waals surface area contributed by atoms with E-state index in [0.29, 0.717) is 6.61 Å². The number of benzene rings is 1. The van der Waals surface area contributed by atoms with Gasteiger partial charge >= 0.3 is 5.97 Å². The van der Waals surface area contributed by atoms with Gasteiger partial charge in [-0.05, 0) is 5.56 Å². The summed E-state index contributed by atoms with van der Waals surface area (Å²) in [5.41, 5.74) is 6.68. The van der Waals surface area contributed by atoms with Gasteiger partial charge in [0.1, 0.15) is 5.84 Å². The molecule has 1 aliphatic rings. The fraction of sp³-hybridized carbons (Fsp3) is 0.231. The molecule has 0 bridgehead atoms. The third-order valence-corrected chi connectivity index (χ3v) is 2.62. The van der Waals surface area contributed by atoms with Crippen LogP contribution in [0.15, 0.2) is 47.7 Å². The fourth-order valence-electron chi connectivity index (χ4n) is 1.65. The van der Waals surface area contributed by atoms with Crippen LogP contribution in [0.4, 0.5) is 0 Å². The monoisotopic (exact) mass is 261 g/mol. The maximum absolute atomic E-state index is 11.7. The third kappa shape index (κ3) is 3.11. The van der Waals surface area contributed by atoms with E-state index in [9.17, 15) is 4.79 Å². The van der Waals surface area contributed by atoms with E-state index in [0.717, 1.165) is 5.56 Å². The van der Waals surface area contributed by atoms with Crippen LogP contribution >= 0.6 is 0 Å². The lowest BCUT2D eigenvalue weighted by Crippen LogP contribution is -2.49. The van der Waals surface area contributed by atoms with Crippen LogP contribution in [0.3, 0.4) is 0 Å². The zero-order chi connectivity index (χ0) is 13.7. The van der Waals surface area contributed by atoms with Gasteiger partial charge in [0.05, 0.1) is 13.7 Å². The first-order valence-corrected chi connectivity index (χ1v) is 5.75. The van der Waals surface area contributed by atoms with Crippen LogP contribution in [0, 0.1) is 0 Å². The topological polar surface area (TPSA) is 77.2 Å². The van der Waals surface area contributed by atoms with Crippen molar-refractivity contribution >= 4 is 11.8 Å². The first kappa shape index (κ1) is 13.1. The number of methoxy groups -OCH3 is 1. The van der Waals surface area contributed by atoms with Crippen LogP contribution < -0.4 is 5.73 Å². The molecule has 19 heavy (non-hydrogen) atoms. The molecular weight excluding hydrogens is 246 g/mol. The average Bonchev–Trinajstić information content (AvgIpc) is 2.45. The number of carbonyl (C=O) groups is 1. The molecule has 0 radical (unpaired) electrons. The first-order chi connectivity index (χ1) is 9.22. The highest BCUT2D eigenvalue weighted by atomic mass is 16.7. The summed E-state index contributed by atoms with van der Waals surface area (Å²) in [4.78, 5) is 21.1. The molecule has 1 atom stereocenters. The molecule has 0 aromatic heterocycles. The van der Waals surface area contributed by atoms with Crippen LogP contribution in [-0.4, -0.2) is 30.0 Å². The molecule has 6 nitrogen and oxygen atoms in total. The minimum Gasteiger partial charge on any atom is -0.467 e. The SMILES string of the molecule is COC(=O)C1C(N)=NC=CN1OCc1ccccc1. The van der Waals surface area contributed by atoms with Crippen molar-refractivity contribution in [3.8, 4) is 0 Å². The second kappa shape index (κ2) is 6.01. The average molecular weight is 261 g/mol. The normalized spacial score (nSPS) is 18.1. The maximum atomic E-state index is 11.7. The number of ether oxygens (including phenoxy) is 1. The maximum Gasteiger partial charge on any atom is 0.339 e. The van der Waals surface area contributed by atoms with Crippen molar-refractivity contribution in [2.75, 3.05) is 7.11 Å². The zero-order valence-corrected chi connectivity index (χ0v) is 10.5. The second-order valence-corrected chi connectivity index (χ2v) is 3.90. The van der Waals surface area contributed by atoms with Gasteiger partial charge in [0.15, 0.2) is 0 Å². The minimum atomic E-state index is -0.848. The van der Waals surface area contributed by atoms with Crippen molar-refractivity contribution in [2.24, 2.45) is 10.7 Å². The molecule has 0 aliphatic carbocycles. The molecule has 6 heteroatoms. The quantitative estimate of drug-likeness (QED) is 0.811. The number of nitrogens with zero attached hydrogens (tertiary/aromatic N) is 2. The number of hydrogen-bond donors (Lipinski definition) is 1. The van der Waals surface area contributed by atoms with Crippen molar-refractivity contribution in [1.82, 2.24) is 5.06 Å². The summed E-state index contributed by atoms with van der Waals surface area (Å²) in [5, 5.41) is 1.35. The summed E-state index contributed by atoms with van der Waals surface area (Å²) in [6.07, 6.45) is 3.01. The van der Waals surface area contributed by atoms with E-state index in [1.54, 1.807) is 6.20 Å². The summed E-state index contributed by atoms with van der Waals surface area (Å²) >= 11 is 0. The van der Waals surface area contributed by atoms with Gasteiger partial charge in [-0.25, -0.2) is 14.9 Å². The molecule has 2 rings (SSSR count). The molecule has 1 unspecified atom stereocenters. The van der Waals surface area contributed by atoms with Crippen molar-refractivity contribution in [3.63, 3.8) is 0 Å². The first-order valence-electron chi connectivity index (χ1n) is 5.75. The Balaban J connectivity index is 2.04. The van der Waals surface area contributed by atoms with Gasteiger partial charge in [-0.2, -0.15) is 0 Å². The molecule has 1 heterocycles. The van der Waals surface area contributed by atoms with Gasteiger partial charge in [-0.3, -0.25) is 4.84 Å². The van der Waals surface area contributed by atoms with E-state index < -0.39 is 12.0 Å². The molecule has 0 fully saturated rings. The third-order valence-electron chi connectivity index (χ3n) is 2.62. The molecule has 1 aliphatic heterocycles. The molecule has 0 saturated heterocycles. The van der Waals surface area contributed by atoms with E-state index in [2.05, 4.69) is 9.73 Å². The van der Waals surface area contributed by atoms with Crippen LogP contribution in [0.25, 0.3) is 0 Å². The largest absolute Gasteiger partial charge is 0.467 e. The van der Waals surface area contributed by atoms with Crippen LogP contribution in [0.2, 0.25) is 0 Å². The number of rotatable bonds is 4. The van der Waals surface area contributed by atoms with E-state index in [1.165, 1.54) is 18.4 Å². The Morgan fingerprint density at radius 2 is 2.16 bits per heavy atom. The molecule has 1 aromatic carbocycles. The smallest absolute Gasteiger partial charge is 0.339 e. The van der Waals surface area contributed by atoms with E-state index >= 15 is 0 Å². The summed E-state index contributed by atoms with van der Waals surface area (Å²) < 4.78 is 4.69. The minimum absolute atomic E-state index is 0.141. The second-order valence-electron chi connectivity index (χ2n) is 3.90. The lowest BCUT2D eigenvalue weighted by Gasteiger charge is -2.28. The Morgan fingerprint density at radius 3 is 2.84 bits per heavy atom. The Kier molecular flexibility index (Phi) is 4.15. The lowest BCUT2D eigenvalue weighted by atomic mass is 10.2.